The topological polar surface area (TPSA) is 97.4 Å². The number of amides is 2. The number of anilines is 2. The molecule has 0 fully saturated rings. The highest BCUT2D eigenvalue weighted by Crippen LogP contribution is 2.24. The number of hydrogen-bond donors (Lipinski definition) is 2. The molecule has 0 bridgehead atoms. The Labute approximate surface area is 150 Å². The molecule has 0 atom stereocenters. The van der Waals surface area contributed by atoms with Crippen LogP contribution in [0.15, 0.2) is 51.6 Å². The Kier molecular flexibility index (Phi) is 4.88. The molecule has 26 heavy (non-hydrogen) atoms. The van der Waals surface area contributed by atoms with Crippen molar-refractivity contribution < 1.29 is 18.5 Å². The second-order valence-corrected chi connectivity index (χ2v) is 6.13. The minimum absolute atomic E-state index is 0.0378. The van der Waals surface area contributed by atoms with Gasteiger partial charge in [0, 0.05) is 17.3 Å². The Morgan fingerprint density at radius 2 is 1.73 bits per heavy atom. The van der Waals surface area contributed by atoms with E-state index in [9.17, 15) is 9.59 Å². The number of benzene rings is 1. The molecule has 2 N–H and O–H groups in total. The zero-order valence-corrected chi connectivity index (χ0v) is 14.7. The van der Waals surface area contributed by atoms with E-state index in [1.54, 1.807) is 43.3 Å². The number of furan rings is 1. The largest absolute Gasteiger partial charge is 0.459 e. The molecule has 0 spiro atoms. The lowest BCUT2D eigenvalue weighted by molar-refractivity contribution is 0.0994. The van der Waals surface area contributed by atoms with Crippen molar-refractivity contribution in [2.75, 3.05) is 10.6 Å². The zero-order valence-electron chi connectivity index (χ0n) is 14.7. The third kappa shape index (κ3) is 3.66. The average Bonchev–Trinajstić information content (AvgIpc) is 3.24. The summed E-state index contributed by atoms with van der Waals surface area (Å²) in [5, 5.41) is 9.42. The quantitative estimate of drug-likeness (QED) is 0.716. The van der Waals surface area contributed by atoms with Gasteiger partial charge in [0.05, 0.1) is 12.0 Å². The van der Waals surface area contributed by atoms with Crippen molar-refractivity contribution in [2.24, 2.45) is 0 Å². The average molecular weight is 353 g/mol. The van der Waals surface area contributed by atoms with Gasteiger partial charge < -0.3 is 19.6 Å². The lowest BCUT2D eigenvalue weighted by atomic mass is 10.0. The predicted octanol–water partition coefficient (Wildman–Crippen LogP) is 4.20. The first-order chi connectivity index (χ1) is 12.5. The lowest BCUT2D eigenvalue weighted by Crippen LogP contribution is -2.15. The van der Waals surface area contributed by atoms with Crippen LogP contribution >= 0.6 is 0 Å². The molecule has 0 aliphatic carbocycles. The monoisotopic (exact) mass is 353 g/mol. The van der Waals surface area contributed by atoms with Gasteiger partial charge in [0.15, 0.2) is 11.5 Å². The van der Waals surface area contributed by atoms with Gasteiger partial charge in [-0.3, -0.25) is 9.59 Å². The van der Waals surface area contributed by atoms with E-state index in [0.29, 0.717) is 28.4 Å². The highest BCUT2D eigenvalue weighted by Gasteiger charge is 2.22. The molecule has 0 saturated carbocycles. The summed E-state index contributed by atoms with van der Waals surface area (Å²) in [5.41, 5.74) is 2.05. The van der Waals surface area contributed by atoms with E-state index >= 15 is 0 Å². The smallest absolute Gasteiger partial charge is 0.291 e. The third-order valence-corrected chi connectivity index (χ3v) is 3.76. The molecule has 2 amide bonds. The van der Waals surface area contributed by atoms with Gasteiger partial charge >= 0.3 is 0 Å². The highest BCUT2D eigenvalue weighted by molar-refractivity contribution is 6.06. The number of hydrogen-bond acceptors (Lipinski definition) is 5. The zero-order chi connectivity index (χ0) is 18.7. The fraction of sp³-hybridized carbons (Fsp3) is 0.211. The lowest BCUT2D eigenvalue weighted by Gasteiger charge is -2.09. The Balaban J connectivity index is 1.76. The number of carbonyl (C=O) groups excluding carboxylic acids is 2. The number of nitrogens with zero attached hydrogens (tertiary/aromatic N) is 1. The number of aryl methyl sites for hydroxylation is 1. The van der Waals surface area contributed by atoms with Crippen LogP contribution in [0, 0.1) is 6.92 Å². The summed E-state index contributed by atoms with van der Waals surface area (Å²) in [6.45, 7) is 5.59. The van der Waals surface area contributed by atoms with Crippen LogP contribution in [0.25, 0.3) is 0 Å². The first kappa shape index (κ1) is 17.5. The Morgan fingerprint density at radius 3 is 2.35 bits per heavy atom. The van der Waals surface area contributed by atoms with Crippen LogP contribution in [0.5, 0.6) is 0 Å². The summed E-state index contributed by atoms with van der Waals surface area (Å²) in [7, 11) is 0. The minimum atomic E-state index is -0.365. The van der Waals surface area contributed by atoms with Crippen LogP contribution in [-0.2, 0) is 0 Å². The summed E-state index contributed by atoms with van der Waals surface area (Å²) in [6, 6.07) is 10.1. The van der Waals surface area contributed by atoms with Crippen molar-refractivity contribution >= 4 is 23.2 Å². The first-order valence-electron chi connectivity index (χ1n) is 8.18. The molecule has 0 unspecified atom stereocenters. The molecule has 7 heteroatoms. The van der Waals surface area contributed by atoms with Crippen LogP contribution in [0.2, 0.25) is 0 Å². The summed E-state index contributed by atoms with van der Waals surface area (Å²) in [4.78, 5) is 24.7. The Morgan fingerprint density at radius 1 is 1.04 bits per heavy atom. The fourth-order valence-electron chi connectivity index (χ4n) is 2.53. The molecule has 0 radical (unpaired) electrons. The molecule has 2 heterocycles. The predicted molar refractivity (Wildman–Crippen MR) is 96.4 cm³/mol. The maximum absolute atomic E-state index is 12.6. The van der Waals surface area contributed by atoms with Gasteiger partial charge in [-0.05, 0) is 37.3 Å². The van der Waals surface area contributed by atoms with E-state index in [0.717, 1.165) is 0 Å². The van der Waals surface area contributed by atoms with Crippen molar-refractivity contribution in [1.82, 2.24) is 5.16 Å². The maximum atomic E-state index is 12.6. The fourth-order valence-corrected chi connectivity index (χ4v) is 2.53. The standard InChI is InChI=1S/C19H19N3O4/c1-11(2)17-16(12(3)22-26-17)19(24)21-14-7-4-6-13(10-14)20-18(23)15-8-5-9-25-15/h4-11H,1-3H3,(H,20,23)(H,21,24). The molecule has 134 valence electrons. The van der Waals surface area contributed by atoms with Crippen LogP contribution < -0.4 is 10.6 Å². The van der Waals surface area contributed by atoms with Gasteiger partial charge in [0.1, 0.15) is 5.56 Å². The Hall–Kier alpha value is -3.35. The van der Waals surface area contributed by atoms with E-state index < -0.39 is 0 Å². The molecule has 3 aromatic rings. The Bertz CT molecular complexity index is 926. The van der Waals surface area contributed by atoms with Crippen molar-refractivity contribution in [3.8, 4) is 0 Å². The van der Waals surface area contributed by atoms with Crippen molar-refractivity contribution in [3.05, 3.63) is 65.4 Å². The van der Waals surface area contributed by atoms with Gasteiger partial charge in [0.25, 0.3) is 11.8 Å². The number of aromatic nitrogens is 1. The summed E-state index contributed by atoms with van der Waals surface area (Å²) < 4.78 is 10.3. The summed E-state index contributed by atoms with van der Waals surface area (Å²) in [6.07, 6.45) is 1.43. The van der Waals surface area contributed by atoms with Crippen LogP contribution in [-0.4, -0.2) is 17.0 Å². The van der Waals surface area contributed by atoms with Crippen molar-refractivity contribution in [1.29, 1.82) is 0 Å². The molecular weight excluding hydrogens is 334 g/mol. The number of carbonyl (C=O) groups is 2. The maximum Gasteiger partial charge on any atom is 0.291 e. The van der Waals surface area contributed by atoms with E-state index in [1.807, 2.05) is 13.8 Å². The van der Waals surface area contributed by atoms with Gasteiger partial charge in [-0.1, -0.05) is 25.1 Å². The molecule has 0 aliphatic heterocycles. The normalized spacial score (nSPS) is 10.8. The highest BCUT2D eigenvalue weighted by atomic mass is 16.5. The van der Waals surface area contributed by atoms with Gasteiger partial charge in [-0.2, -0.15) is 0 Å². The minimum Gasteiger partial charge on any atom is -0.459 e. The molecule has 1 aromatic carbocycles. The second kappa shape index (κ2) is 7.26. The molecule has 3 rings (SSSR count). The number of nitrogens with one attached hydrogen (secondary N) is 2. The molecule has 7 nitrogen and oxygen atoms in total. The summed E-state index contributed by atoms with van der Waals surface area (Å²) >= 11 is 0. The molecule has 2 aromatic heterocycles. The van der Waals surface area contributed by atoms with E-state index in [1.165, 1.54) is 6.26 Å². The van der Waals surface area contributed by atoms with Gasteiger partial charge in [-0.25, -0.2) is 0 Å². The van der Waals surface area contributed by atoms with Crippen molar-refractivity contribution in [3.63, 3.8) is 0 Å². The van der Waals surface area contributed by atoms with Crippen LogP contribution in [0.4, 0.5) is 11.4 Å². The third-order valence-electron chi connectivity index (χ3n) is 3.76. The molecule has 0 saturated heterocycles. The van der Waals surface area contributed by atoms with Gasteiger partial charge in [-0.15, -0.1) is 0 Å². The van der Waals surface area contributed by atoms with E-state index in [2.05, 4.69) is 15.8 Å². The van der Waals surface area contributed by atoms with E-state index in [4.69, 9.17) is 8.94 Å². The second-order valence-electron chi connectivity index (χ2n) is 6.13. The first-order valence-corrected chi connectivity index (χ1v) is 8.18. The van der Waals surface area contributed by atoms with E-state index in [-0.39, 0.29) is 23.5 Å². The van der Waals surface area contributed by atoms with Crippen LogP contribution in [0.1, 0.15) is 52.1 Å². The van der Waals surface area contributed by atoms with Crippen molar-refractivity contribution in [2.45, 2.75) is 26.7 Å². The van der Waals surface area contributed by atoms with Crippen LogP contribution in [0.3, 0.4) is 0 Å². The number of rotatable bonds is 5. The molecule has 0 aliphatic rings. The summed E-state index contributed by atoms with van der Waals surface area (Å²) in [5.74, 6) is 0.122. The molecular formula is C19H19N3O4. The van der Waals surface area contributed by atoms with Gasteiger partial charge in [0.2, 0.25) is 0 Å². The SMILES string of the molecule is Cc1noc(C(C)C)c1C(=O)Nc1cccc(NC(=O)c2ccco2)c1.